The zero-order valence-corrected chi connectivity index (χ0v) is 27.3. The first-order valence-electron chi connectivity index (χ1n) is 14.3. The zero-order chi connectivity index (χ0) is 32.3. The molecule has 2 aliphatic heterocycles. The maximum absolute atomic E-state index is 14.5. The average molecular weight is 700 g/mol. The van der Waals surface area contributed by atoms with Gasteiger partial charge < -0.3 is 19.3 Å². The molecule has 0 radical (unpaired) electrons. The van der Waals surface area contributed by atoms with Gasteiger partial charge in [0, 0.05) is 43.3 Å². The van der Waals surface area contributed by atoms with Crippen LogP contribution in [0.15, 0.2) is 71.7 Å². The highest BCUT2D eigenvalue weighted by Crippen LogP contribution is 2.46. The Balaban J connectivity index is 0.00000480. The van der Waals surface area contributed by atoms with Crippen molar-refractivity contribution in [1.29, 1.82) is 0 Å². The van der Waals surface area contributed by atoms with Gasteiger partial charge in [-0.15, -0.1) is 12.4 Å². The van der Waals surface area contributed by atoms with Crippen LogP contribution in [0.4, 0.5) is 18.0 Å². The van der Waals surface area contributed by atoms with Crippen molar-refractivity contribution < 1.29 is 32.2 Å². The number of piperazine rings is 1. The molecule has 0 N–H and O–H groups in total. The number of methoxy groups -OCH3 is 1. The summed E-state index contributed by atoms with van der Waals surface area (Å²) in [7, 11) is 1.44. The number of amidine groups is 1. The fraction of sp³-hybridized carbons (Fsp3) is 0.344. The quantitative estimate of drug-likeness (QED) is 0.260. The minimum atomic E-state index is -4.60. The number of benzene rings is 3. The lowest BCUT2D eigenvalue weighted by Crippen LogP contribution is -2.55. The van der Waals surface area contributed by atoms with Gasteiger partial charge in [-0.3, -0.25) is 14.7 Å². The van der Waals surface area contributed by atoms with Crippen LogP contribution < -0.4 is 4.74 Å². The van der Waals surface area contributed by atoms with Gasteiger partial charge in [0.25, 0.3) is 0 Å². The van der Waals surface area contributed by atoms with Crippen LogP contribution in [0.25, 0.3) is 0 Å². The van der Waals surface area contributed by atoms with Crippen LogP contribution in [0, 0.1) is 0 Å². The fourth-order valence-corrected chi connectivity index (χ4v) is 5.78. The molecule has 0 bridgehead atoms. The number of alkyl halides is 3. The summed E-state index contributed by atoms with van der Waals surface area (Å²) in [6, 6.07) is 15.5. The molecule has 2 atom stereocenters. The number of hydrogen-bond acceptors (Lipinski definition) is 5. The predicted molar refractivity (Wildman–Crippen MR) is 172 cm³/mol. The number of carbonyl (C=O) groups excluding carboxylic acids is 2. The summed E-state index contributed by atoms with van der Waals surface area (Å²) in [5.74, 6) is -0.0681. The number of hydrogen-bond donors (Lipinski definition) is 0. The number of nitrogens with zero attached hydrogens (tertiary/aromatic N) is 4. The average Bonchev–Trinajstić information content (AvgIpc) is 3.41. The van der Waals surface area contributed by atoms with E-state index in [9.17, 15) is 22.8 Å². The Labute approximate surface area is 281 Å². The van der Waals surface area contributed by atoms with E-state index in [1.165, 1.54) is 18.1 Å². The SMILES string of the molecule is CCOc1cc(C(F)(F)F)ccc1C1=NC(c2ccc(Cl)cc2)C(c2ccc(Cl)cc2)N1C(=O)N1CCN(C(=O)COC)CC1.Cl. The van der Waals surface area contributed by atoms with Gasteiger partial charge in [0.15, 0.2) is 0 Å². The molecule has 0 spiro atoms. The molecule has 3 aromatic rings. The second-order valence-corrected chi connectivity index (χ2v) is 11.4. The van der Waals surface area contributed by atoms with E-state index in [0.29, 0.717) is 28.7 Å². The Morgan fingerprint density at radius 2 is 1.46 bits per heavy atom. The molecule has 2 heterocycles. The fourth-order valence-electron chi connectivity index (χ4n) is 5.53. The molecule has 14 heteroatoms. The number of halogens is 6. The van der Waals surface area contributed by atoms with Crippen molar-refractivity contribution in [3.05, 3.63) is 99.0 Å². The summed E-state index contributed by atoms with van der Waals surface area (Å²) in [5, 5.41) is 1.01. The van der Waals surface area contributed by atoms with Crippen LogP contribution in [0.2, 0.25) is 10.0 Å². The van der Waals surface area contributed by atoms with Crippen LogP contribution >= 0.6 is 35.6 Å². The van der Waals surface area contributed by atoms with Gasteiger partial charge in [-0.2, -0.15) is 13.2 Å². The molecule has 5 rings (SSSR count). The molecule has 0 aromatic heterocycles. The molecule has 8 nitrogen and oxygen atoms in total. The number of amides is 3. The second kappa shape index (κ2) is 14.9. The summed E-state index contributed by atoms with van der Waals surface area (Å²) in [6.45, 7) is 2.77. The highest BCUT2D eigenvalue weighted by atomic mass is 35.5. The van der Waals surface area contributed by atoms with E-state index in [1.54, 1.807) is 65.3 Å². The molecule has 3 amide bonds. The van der Waals surface area contributed by atoms with Crippen LogP contribution in [0.3, 0.4) is 0 Å². The van der Waals surface area contributed by atoms with Crippen molar-refractivity contribution in [2.75, 3.05) is 46.5 Å². The van der Waals surface area contributed by atoms with E-state index in [4.69, 9.17) is 37.7 Å². The van der Waals surface area contributed by atoms with E-state index >= 15 is 0 Å². The summed E-state index contributed by atoms with van der Waals surface area (Å²) in [4.78, 5) is 36.7. The van der Waals surface area contributed by atoms with Crippen molar-refractivity contribution in [1.82, 2.24) is 14.7 Å². The third-order valence-electron chi connectivity index (χ3n) is 7.72. The van der Waals surface area contributed by atoms with Crippen LogP contribution in [0.1, 0.15) is 41.3 Å². The minimum absolute atomic E-state index is 0. The monoisotopic (exact) mass is 698 g/mol. The van der Waals surface area contributed by atoms with E-state index in [-0.39, 0.29) is 61.8 Å². The molecular weight excluding hydrogens is 668 g/mol. The number of ether oxygens (including phenoxy) is 2. The van der Waals surface area contributed by atoms with Crippen molar-refractivity contribution in [3.8, 4) is 5.75 Å². The molecule has 3 aromatic carbocycles. The minimum Gasteiger partial charge on any atom is -0.493 e. The van der Waals surface area contributed by atoms with Crippen molar-refractivity contribution in [2.24, 2.45) is 4.99 Å². The number of carbonyl (C=O) groups is 2. The molecule has 2 aliphatic rings. The predicted octanol–water partition coefficient (Wildman–Crippen LogP) is 7.29. The van der Waals surface area contributed by atoms with Crippen LogP contribution in [-0.2, 0) is 15.7 Å². The molecular formula is C32H32Cl3F3N4O4. The topological polar surface area (TPSA) is 74.7 Å². The Hall–Kier alpha value is -3.51. The lowest BCUT2D eigenvalue weighted by molar-refractivity contribution is -0.138. The standard InChI is InChI=1S/C32H31Cl2F3N4O4.ClH/c1-3-45-26-18-22(32(35,36)37)8-13-25(26)30-38-28(20-4-9-23(33)10-5-20)29(21-6-11-24(34)12-7-21)41(30)31(43)40-16-14-39(15-17-40)27(42)19-44-2;/h4-13,18,28-29H,3,14-17,19H2,1-2H3;1H. The van der Waals surface area contributed by atoms with Gasteiger partial charge in [0.05, 0.1) is 23.8 Å². The van der Waals surface area contributed by atoms with Crippen LogP contribution in [0.5, 0.6) is 5.75 Å². The van der Waals surface area contributed by atoms with Gasteiger partial charge in [-0.1, -0.05) is 47.5 Å². The molecule has 46 heavy (non-hydrogen) atoms. The molecule has 2 unspecified atom stereocenters. The Bertz CT molecular complexity index is 1560. The summed E-state index contributed by atoms with van der Waals surface area (Å²) < 4.78 is 51.8. The van der Waals surface area contributed by atoms with E-state index < -0.39 is 29.9 Å². The van der Waals surface area contributed by atoms with Crippen LogP contribution in [-0.4, -0.2) is 79.0 Å². The van der Waals surface area contributed by atoms with Crippen molar-refractivity contribution in [3.63, 3.8) is 0 Å². The highest BCUT2D eigenvalue weighted by molar-refractivity contribution is 6.30. The Kier molecular flexibility index (Phi) is 11.5. The van der Waals surface area contributed by atoms with Gasteiger partial charge in [0.2, 0.25) is 5.91 Å². The first kappa shape index (κ1) is 35.3. The molecule has 0 aliphatic carbocycles. The smallest absolute Gasteiger partial charge is 0.416 e. The molecule has 1 fully saturated rings. The van der Waals surface area contributed by atoms with Gasteiger partial charge in [-0.05, 0) is 60.5 Å². The summed E-state index contributed by atoms with van der Waals surface area (Å²) >= 11 is 12.4. The normalized spacial score (nSPS) is 18.2. The van der Waals surface area contributed by atoms with Gasteiger partial charge >= 0.3 is 12.2 Å². The van der Waals surface area contributed by atoms with Gasteiger partial charge in [-0.25, -0.2) is 4.79 Å². The Morgan fingerprint density at radius 3 is 2.00 bits per heavy atom. The zero-order valence-electron chi connectivity index (χ0n) is 25.0. The number of urea groups is 1. The maximum atomic E-state index is 14.5. The summed E-state index contributed by atoms with van der Waals surface area (Å²) in [6.07, 6.45) is -4.60. The second-order valence-electron chi connectivity index (χ2n) is 10.5. The van der Waals surface area contributed by atoms with E-state index in [1.807, 2.05) is 0 Å². The Morgan fingerprint density at radius 1 is 0.891 bits per heavy atom. The number of rotatable bonds is 7. The number of aliphatic imine (C=N–C) groups is 1. The lowest BCUT2D eigenvalue weighted by Gasteiger charge is -2.39. The first-order valence-corrected chi connectivity index (χ1v) is 15.1. The highest BCUT2D eigenvalue weighted by Gasteiger charge is 2.45. The van der Waals surface area contributed by atoms with Crippen molar-refractivity contribution in [2.45, 2.75) is 25.2 Å². The van der Waals surface area contributed by atoms with E-state index in [2.05, 4.69) is 0 Å². The maximum Gasteiger partial charge on any atom is 0.416 e. The molecule has 0 saturated carbocycles. The third kappa shape index (κ3) is 7.54. The molecule has 1 saturated heterocycles. The summed E-state index contributed by atoms with van der Waals surface area (Å²) in [5.41, 5.74) is 0.811. The molecule has 246 valence electrons. The van der Waals surface area contributed by atoms with Crippen molar-refractivity contribution >= 4 is 53.4 Å². The lowest BCUT2D eigenvalue weighted by atomic mass is 9.93. The first-order chi connectivity index (χ1) is 21.5. The van der Waals surface area contributed by atoms with Gasteiger partial charge in [0.1, 0.15) is 24.2 Å². The van der Waals surface area contributed by atoms with E-state index in [0.717, 1.165) is 17.7 Å². The third-order valence-corrected chi connectivity index (χ3v) is 8.22. The largest absolute Gasteiger partial charge is 0.493 e.